The van der Waals surface area contributed by atoms with Crippen LogP contribution in [0.15, 0.2) is 0 Å². The van der Waals surface area contributed by atoms with Gasteiger partial charge in [0.05, 0.1) is 0 Å². The zero-order chi connectivity index (χ0) is 8.43. The van der Waals surface area contributed by atoms with Gasteiger partial charge in [-0.2, -0.15) is 0 Å². The van der Waals surface area contributed by atoms with Gasteiger partial charge in [-0.1, -0.05) is 0 Å². The first-order valence-corrected chi connectivity index (χ1v) is 3.85. The Morgan fingerprint density at radius 1 is 1.73 bits per heavy atom. The highest BCUT2D eigenvalue weighted by atomic mass is 32.1. The van der Waals surface area contributed by atoms with Gasteiger partial charge in [-0.15, -0.1) is 0 Å². The van der Waals surface area contributed by atoms with Gasteiger partial charge in [-0.25, -0.2) is 0 Å². The Kier molecular flexibility index (Phi) is 2.28. The summed E-state index contributed by atoms with van der Waals surface area (Å²) < 4.78 is 0. The third kappa shape index (κ3) is 2.34. The van der Waals surface area contributed by atoms with Gasteiger partial charge in [-0.3, -0.25) is 15.2 Å². The average Bonchev–Trinajstić information content (AvgIpc) is 2.65. The number of hydrogen-bond acceptors (Lipinski definition) is 2. The number of carbonyl (C=O) groups excluding carboxylic acids is 1. The number of thiocarbonyl (C=S) groups is 1. The molecule has 0 aromatic carbocycles. The second-order valence-corrected chi connectivity index (χ2v) is 3.09. The fourth-order valence-corrected chi connectivity index (χ4v) is 0.961. The van der Waals surface area contributed by atoms with Crippen LogP contribution < -0.4 is 11.2 Å². The molecule has 0 unspecified atom stereocenters. The molecular formula is C6H11N3OS. The summed E-state index contributed by atoms with van der Waals surface area (Å²) in [5.74, 6) is 0.264. The van der Waals surface area contributed by atoms with E-state index in [9.17, 15) is 4.79 Å². The maximum atomic E-state index is 11.2. The normalized spacial score (nSPS) is 15.7. The van der Waals surface area contributed by atoms with Crippen LogP contribution >= 0.6 is 12.2 Å². The molecule has 5 heteroatoms. The second kappa shape index (κ2) is 3.04. The topological polar surface area (TPSA) is 58.4 Å². The summed E-state index contributed by atoms with van der Waals surface area (Å²) in [6, 6.07) is 0. The minimum atomic E-state index is 0.0674. The number of hydrazine groups is 1. The van der Waals surface area contributed by atoms with Crippen molar-refractivity contribution >= 4 is 23.2 Å². The predicted octanol–water partition coefficient (Wildman–Crippen LogP) is -0.397. The lowest BCUT2D eigenvalue weighted by Crippen LogP contribution is -2.46. The molecule has 3 N–H and O–H groups in total. The van der Waals surface area contributed by atoms with Gasteiger partial charge in [-0.05, 0) is 25.1 Å². The zero-order valence-corrected chi connectivity index (χ0v) is 7.15. The van der Waals surface area contributed by atoms with Gasteiger partial charge in [0, 0.05) is 13.0 Å². The van der Waals surface area contributed by atoms with E-state index in [0.717, 1.165) is 12.8 Å². The van der Waals surface area contributed by atoms with Crippen LogP contribution in [0, 0.1) is 5.92 Å². The Morgan fingerprint density at radius 3 is 2.64 bits per heavy atom. The van der Waals surface area contributed by atoms with Crippen molar-refractivity contribution in [3.63, 3.8) is 0 Å². The van der Waals surface area contributed by atoms with Crippen LogP contribution in [0.2, 0.25) is 0 Å². The number of nitrogens with two attached hydrogens (primary N) is 1. The van der Waals surface area contributed by atoms with E-state index in [1.54, 1.807) is 7.05 Å². The maximum Gasteiger partial charge on any atom is 0.243 e. The van der Waals surface area contributed by atoms with Crippen LogP contribution in [0.3, 0.4) is 0 Å². The molecule has 0 bridgehead atoms. The van der Waals surface area contributed by atoms with Gasteiger partial charge < -0.3 is 5.73 Å². The summed E-state index contributed by atoms with van der Waals surface area (Å²) in [4.78, 5) is 11.2. The van der Waals surface area contributed by atoms with Crippen molar-refractivity contribution in [1.29, 1.82) is 0 Å². The van der Waals surface area contributed by atoms with Gasteiger partial charge in [0.2, 0.25) is 5.91 Å². The molecule has 0 aromatic heterocycles. The molecule has 1 aliphatic carbocycles. The molecule has 62 valence electrons. The summed E-state index contributed by atoms with van der Waals surface area (Å²) >= 11 is 4.57. The number of hydrogen-bond donors (Lipinski definition) is 2. The van der Waals surface area contributed by atoms with E-state index in [1.165, 1.54) is 5.01 Å². The molecule has 1 rings (SSSR count). The van der Waals surface area contributed by atoms with Crippen molar-refractivity contribution in [2.75, 3.05) is 7.05 Å². The van der Waals surface area contributed by atoms with E-state index in [0.29, 0.717) is 0 Å². The molecule has 1 saturated carbocycles. The highest BCUT2D eigenvalue weighted by Crippen LogP contribution is 2.30. The number of nitrogens with one attached hydrogen (secondary N) is 1. The SMILES string of the molecule is CN(NC(N)=S)C(=O)C1CC1. The fourth-order valence-electron chi connectivity index (χ4n) is 0.825. The molecule has 11 heavy (non-hydrogen) atoms. The Morgan fingerprint density at radius 2 is 2.27 bits per heavy atom. The molecule has 0 aliphatic heterocycles. The highest BCUT2D eigenvalue weighted by molar-refractivity contribution is 7.80. The van der Waals surface area contributed by atoms with Crippen LogP contribution in [-0.4, -0.2) is 23.1 Å². The maximum absolute atomic E-state index is 11.2. The van der Waals surface area contributed by atoms with Gasteiger partial charge in [0.25, 0.3) is 0 Å². The summed E-state index contributed by atoms with van der Waals surface area (Å²) in [6.07, 6.45) is 1.98. The molecule has 1 fully saturated rings. The molecular weight excluding hydrogens is 162 g/mol. The van der Waals surface area contributed by atoms with E-state index in [4.69, 9.17) is 5.73 Å². The van der Waals surface area contributed by atoms with Crippen molar-refractivity contribution in [2.45, 2.75) is 12.8 Å². The van der Waals surface area contributed by atoms with Gasteiger partial charge in [0.15, 0.2) is 5.11 Å². The van der Waals surface area contributed by atoms with Crippen LogP contribution in [0.5, 0.6) is 0 Å². The van der Waals surface area contributed by atoms with Gasteiger partial charge in [0.1, 0.15) is 0 Å². The van der Waals surface area contributed by atoms with Crippen molar-refractivity contribution in [3.05, 3.63) is 0 Å². The van der Waals surface area contributed by atoms with Crippen LogP contribution in [0.25, 0.3) is 0 Å². The van der Waals surface area contributed by atoms with E-state index < -0.39 is 0 Å². The highest BCUT2D eigenvalue weighted by Gasteiger charge is 2.32. The summed E-state index contributed by atoms with van der Waals surface area (Å²) in [5.41, 5.74) is 7.74. The summed E-state index contributed by atoms with van der Waals surface area (Å²) in [5, 5.41) is 1.47. The largest absolute Gasteiger partial charge is 0.375 e. The van der Waals surface area contributed by atoms with Crippen LogP contribution in [-0.2, 0) is 4.79 Å². The number of rotatable bonds is 1. The monoisotopic (exact) mass is 173 g/mol. The van der Waals surface area contributed by atoms with Crippen molar-refractivity contribution in [1.82, 2.24) is 10.4 Å². The summed E-state index contributed by atoms with van der Waals surface area (Å²) in [7, 11) is 1.62. The van der Waals surface area contributed by atoms with E-state index in [2.05, 4.69) is 17.6 Å². The molecule has 0 aromatic rings. The predicted molar refractivity (Wildman–Crippen MR) is 45.4 cm³/mol. The molecule has 1 amide bonds. The van der Waals surface area contributed by atoms with Crippen LogP contribution in [0.1, 0.15) is 12.8 Å². The van der Waals surface area contributed by atoms with Crippen molar-refractivity contribution in [2.24, 2.45) is 11.7 Å². The van der Waals surface area contributed by atoms with Crippen LogP contribution in [0.4, 0.5) is 0 Å². The van der Waals surface area contributed by atoms with E-state index in [-0.39, 0.29) is 16.9 Å². The first-order chi connectivity index (χ1) is 5.11. The molecule has 0 spiro atoms. The Labute approximate surface area is 70.7 Å². The number of carbonyl (C=O) groups is 1. The third-order valence-corrected chi connectivity index (χ3v) is 1.63. The molecule has 1 aliphatic rings. The Balaban J connectivity index is 2.33. The standard InChI is InChI=1S/C6H11N3OS/c1-9(8-6(7)11)5(10)4-2-3-4/h4H,2-3H2,1H3,(H3,7,8,11). The molecule has 0 saturated heterocycles. The minimum absolute atomic E-state index is 0.0674. The first kappa shape index (κ1) is 8.26. The quantitative estimate of drug-likeness (QED) is 0.418. The Bertz CT molecular complexity index is 190. The second-order valence-electron chi connectivity index (χ2n) is 2.65. The van der Waals surface area contributed by atoms with Crippen molar-refractivity contribution < 1.29 is 4.79 Å². The molecule has 0 atom stereocenters. The Hall–Kier alpha value is -0.840. The molecule has 0 heterocycles. The van der Waals surface area contributed by atoms with Crippen molar-refractivity contribution in [3.8, 4) is 0 Å². The molecule has 4 nitrogen and oxygen atoms in total. The summed E-state index contributed by atoms with van der Waals surface area (Å²) in [6.45, 7) is 0. The molecule has 0 radical (unpaired) electrons. The minimum Gasteiger partial charge on any atom is -0.375 e. The average molecular weight is 173 g/mol. The van der Waals surface area contributed by atoms with E-state index >= 15 is 0 Å². The third-order valence-electron chi connectivity index (χ3n) is 1.54. The fraction of sp³-hybridized carbons (Fsp3) is 0.667. The lowest BCUT2D eigenvalue weighted by atomic mass is 10.4. The van der Waals surface area contributed by atoms with E-state index in [1.807, 2.05) is 0 Å². The lowest BCUT2D eigenvalue weighted by molar-refractivity contribution is -0.132. The zero-order valence-electron chi connectivity index (χ0n) is 6.33. The number of nitrogens with zero attached hydrogens (tertiary/aromatic N) is 1. The number of amides is 1. The lowest BCUT2D eigenvalue weighted by Gasteiger charge is -2.17. The first-order valence-electron chi connectivity index (χ1n) is 3.45. The van der Waals surface area contributed by atoms with Gasteiger partial charge >= 0.3 is 0 Å². The smallest absolute Gasteiger partial charge is 0.243 e.